The molecule has 1 aromatic rings. The normalized spacial score (nSPS) is 24.6. The van der Waals surface area contributed by atoms with Gasteiger partial charge in [-0.3, -0.25) is 0 Å². The molecule has 2 atom stereocenters. The third kappa shape index (κ3) is 2.51. The van der Waals surface area contributed by atoms with E-state index in [-0.39, 0.29) is 0 Å². The zero-order chi connectivity index (χ0) is 11.8. The molecule has 2 aliphatic rings. The molecule has 0 amide bonds. The molecule has 4 heteroatoms. The first-order valence-electron chi connectivity index (χ1n) is 6.42. The van der Waals surface area contributed by atoms with Crippen molar-refractivity contribution in [3.05, 3.63) is 18.3 Å². The first kappa shape index (κ1) is 11.6. The van der Waals surface area contributed by atoms with Crippen LogP contribution in [-0.4, -0.2) is 59.0 Å². The Kier molecular flexibility index (Phi) is 3.14. The van der Waals surface area contributed by atoms with Crippen molar-refractivity contribution < 1.29 is 0 Å². The molecule has 17 heavy (non-hydrogen) atoms. The number of anilines is 1. The summed E-state index contributed by atoms with van der Waals surface area (Å²) >= 11 is 1.60. The molecular formula is C13H20AsN3. The number of pyridine rings is 1. The number of hydrogen-bond acceptors (Lipinski definition) is 3. The summed E-state index contributed by atoms with van der Waals surface area (Å²) in [5, 5.41) is 0. The predicted molar refractivity (Wildman–Crippen MR) is 73.8 cm³/mol. The van der Waals surface area contributed by atoms with E-state index in [4.69, 9.17) is 0 Å². The number of likely N-dealkylation sites (N-methyl/N-ethyl adjacent to an activating group) is 1. The molecule has 0 spiro atoms. The van der Waals surface area contributed by atoms with E-state index in [0.29, 0.717) is 0 Å². The van der Waals surface area contributed by atoms with Gasteiger partial charge in [0, 0.05) is 0 Å². The van der Waals surface area contributed by atoms with Crippen LogP contribution in [0.2, 0.25) is 0 Å². The van der Waals surface area contributed by atoms with Crippen molar-refractivity contribution in [2.24, 2.45) is 0 Å². The molecule has 92 valence electrons. The molecule has 0 radical (unpaired) electrons. The van der Waals surface area contributed by atoms with Crippen LogP contribution in [-0.2, 0) is 0 Å². The number of aromatic nitrogens is 1. The molecule has 0 N–H and O–H groups in total. The van der Waals surface area contributed by atoms with Crippen LogP contribution in [0.25, 0.3) is 0 Å². The molecule has 0 bridgehead atoms. The maximum absolute atomic E-state index is 4.29. The van der Waals surface area contributed by atoms with E-state index in [1.807, 2.05) is 6.20 Å². The Morgan fingerprint density at radius 2 is 2.18 bits per heavy atom. The number of nitrogens with zero attached hydrogens (tertiary/aromatic N) is 3. The Bertz CT molecular complexity index is 405. The SMILES string of the molecule is CN(C1CC1)[C@H]1CCN(c2ccnc([AsH2])c2)C1. The van der Waals surface area contributed by atoms with Gasteiger partial charge in [0.2, 0.25) is 0 Å². The van der Waals surface area contributed by atoms with Crippen LogP contribution >= 0.6 is 0 Å². The van der Waals surface area contributed by atoms with Crippen molar-refractivity contribution in [3.8, 4) is 0 Å². The van der Waals surface area contributed by atoms with Crippen molar-refractivity contribution >= 4 is 27.0 Å². The number of hydrogen-bond donors (Lipinski definition) is 0. The first-order valence-corrected chi connectivity index (χ1v) is 7.63. The van der Waals surface area contributed by atoms with Gasteiger partial charge >= 0.3 is 112 Å². The van der Waals surface area contributed by atoms with Crippen molar-refractivity contribution in [1.82, 2.24) is 9.88 Å². The summed E-state index contributed by atoms with van der Waals surface area (Å²) < 4.78 is 1.17. The molecule has 1 unspecified atom stereocenters. The Morgan fingerprint density at radius 1 is 1.35 bits per heavy atom. The molecule has 1 saturated heterocycles. The summed E-state index contributed by atoms with van der Waals surface area (Å²) in [5.41, 5.74) is 1.35. The molecule has 3 nitrogen and oxygen atoms in total. The van der Waals surface area contributed by atoms with Gasteiger partial charge in [-0.05, 0) is 0 Å². The molecule has 3 rings (SSSR count). The van der Waals surface area contributed by atoms with E-state index in [9.17, 15) is 0 Å². The fraction of sp³-hybridized carbons (Fsp3) is 0.615. The first-order chi connectivity index (χ1) is 8.24. The Morgan fingerprint density at radius 3 is 2.88 bits per heavy atom. The van der Waals surface area contributed by atoms with Crippen LogP contribution < -0.4 is 9.38 Å². The van der Waals surface area contributed by atoms with Gasteiger partial charge in [0.05, 0.1) is 0 Å². The summed E-state index contributed by atoms with van der Waals surface area (Å²) in [6, 6.07) is 5.99. The summed E-state index contributed by atoms with van der Waals surface area (Å²) in [5.74, 6) is 0. The summed E-state index contributed by atoms with van der Waals surface area (Å²) in [6.45, 7) is 2.38. The zero-order valence-electron chi connectivity index (χ0n) is 10.3. The van der Waals surface area contributed by atoms with Gasteiger partial charge in [-0.25, -0.2) is 0 Å². The van der Waals surface area contributed by atoms with E-state index in [1.54, 1.807) is 16.9 Å². The van der Waals surface area contributed by atoms with Gasteiger partial charge in [0.25, 0.3) is 0 Å². The zero-order valence-corrected chi connectivity index (χ0v) is 12.8. The Labute approximate surface area is 112 Å². The monoisotopic (exact) mass is 293 g/mol. The van der Waals surface area contributed by atoms with E-state index in [0.717, 1.165) is 12.1 Å². The van der Waals surface area contributed by atoms with Crippen LogP contribution in [0.15, 0.2) is 18.3 Å². The summed E-state index contributed by atoms with van der Waals surface area (Å²) in [7, 11) is 2.30. The molecule has 1 saturated carbocycles. The van der Waals surface area contributed by atoms with E-state index < -0.39 is 0 Å². The van der Waals surface area contributed by atoms with Crippen LogP contribution in [0.5, 0.6) is 0 Å². The Balaban J connectivity index is 1.67. The minimum absolute atomic E-state index is 0.751. The molecule has 2 fully saturated rings. The molecule has 1 aliphatic heterocycles. The van der Waals surface area contributed by atoms with Crippen LogP contribution in [0.1, 0.15) is 19.3 Å². The molecule has 1 aromatic heterocycles. The van der Waals surface area contributed by atoms with Gasteiger partial charge in [-0.2, -0.15) is 0 Å². The predicted octanol–water partition coefficient (Wildman–Crippen LogP) is 0.0129. The standard InChI is InChI=1S/C13H20AsN3/c1-16(10-2-3-10)12-5-7-17(9-12)11-4-6-15-13(14)8-11/h4,6,8,10,12H,2-3,5,7,9,14H2,1H3/t12-/m0/s1. The van der Waals surface area contributed by atoms with E-state index in [2.05, 4.69) is 34.0 Å². The summed E-state index contributed by atoms with van der Waals surface area (Å²) in [4.78, 5) is 9.40. The van der Waals surface area contributed by atoms with Gasteiger partial charge in [-0.15, -0.1) is 0 Å². The van der Waals surface area contributed by atoms with E-state index in [1.165, 1.54) is 42.5 Å². The third-order valence-electron chi connectivity index (χ3n) is 3.99. The Hall–Kier alpha value is -0.532. The number of rotatable bonds is 3. The quantitative estimate of drug-likeness (QED) is 0.732. The second kappa shape index (κ2) is 4.62. The molecule has 2 heterocycles. The fourth-order valence-corrected chi connectivity index (χ4v) is 3.26. The van der Waals surface area contributed by atoms with Gasteiger partial charge in [0.1, 0.15) is 0 Å². The summed E-state index contributed by atoms with van der Waals surface area (Å²) in [6.07, 6.45) is 6.05. The van der Waals surface area contributed by atoms with Crippen molar-refractivity contribution in [2.75, 3.05) is 25.0 Å². The van der Waals surface area contributed by atoms with Crippen LogP contribution in [0, 0.1) is 0 Å². The van der Waals surface area contributed by atoms with Gasteiger partial charge < -0.3 is 0 Å². The van der Waals surface area contributed by atoms with E-state index >= 15 is 0 Å². The minimum atomic E-state index is 0.751. The topological polar surface area (TPSA) is 19.4 Å². The molecule has 1 aliphatic carbocycles. The maximum atomic E-state index is 4.29. The fourth-order valence-electron chi connectivity index (χ4n) is 2.72. The van der Waals surface area contributed by atoms with Crippen molar-refractivity contribution in [3.63, 3.8) is 0 Å². The average Bonchev–Trinajstić information content (AvgIpc) is 3.05. The molecular weight excluding hydrogens is 273 g/mol. The second-order valence-corrected chi connectivity index (χ2v) is 6.47. The third-order valence-corrected chi connectivity index (χ3v) is 4.65. The van der Waals surface area contributed by atoms with Crippen molar-refractivity contribution in [1.29, 1.82) is 0 Å². The van der Waals surface area contributed by atoms with Crippen molar-refractivity contribution in [2.45, 2.75) is 31.3 Å². The molecule has 0 aromatic carbocycles. The van der Waals surface area contributed by atoms with Crippen LogP contribution in [0.3, 0.4) is 0 Å². The van der Waals surface area contributed by atoms with Gasteiger partial charge in [0.15, 0.2) is 0 Å². The second-order valence-electron chi connectivity index (χ2n) is 5.22. The van der Waals surface area contributed by atoms with Gasteiger partial charge in [-0.1, -0.05) is 0 Å². The average molecular weight is 293 g/mol. The van der Waals surface area contributed by atoms with Crippen LogP contribution in [0.4, 0.5) is 5.69 Å².